The van der Waals surface area contributed by atoms with Crippen LogP contribution in [-0.4, -0.2) is 9.36 Å². The third-order valence-electron chi connectivity index (χ3n) is 1.96. The first-order valence-electron chi connectivity index (χ1n) is 4.68. The van der Waals surface area contributed by atoms with Gasteiger partial charge in [0.05, 0.1) is 5.56 Å². The van der Waals surface area contributed by atoms with E-state index in [4.69, 9.17) is 5.26 Å². The summed E-state index contributed by atoms with van der Waals surface area (Å²) in [5.74, 6) is 0.777. The van der Waals surface area contributed by atoms with E-state index in [0.29, 0.717) is 5.56 Å². The molecule has 1 aromatic carbocycles. The van der Waals surface area contributed by atoms with Crippen LogP contribution in [0.1, 0.15) is 17.0 Å². The molecule has 0 spiro atoms. The lowest BCUT2D eigenvalue weighted by Gasteiger charge is -2.01. The number of hydrogen-bond donors (Lipinski definition) is 0. The molecule has 3 nitrogen and oxygen atoms in total. The summed E-state index contributed by atoms with van der Waals surface area (Å²) in [7, 11) is 0. The summed E-state index contributed by atoms with van der Waals surface area (Å²) >= 11 is 2.86. The molecule has 0 amide bonds. The molecule has 0 aliphatic rings. The molecule has 0 aliphatic carbocycles. The van der Waals surface area contributed by atoms with Crippen molar-refractivity contribution in [2.45, 2.75) is 23.1 Å². The summed E-state index contributed by atoms with van der Waals surface area (Å²) < 4.78 is 4.99. The maximum Gasteiger partial charge on any atom is 0.174 e. The Balaban J connectivity index is 2.34. The van der Waals surface area contributed by atoms with Gasteiger partial charge in [0.25, 0.3) is 0 Å². The van der Waals surface area contributed by atoms with Gasteiger partial charge in [-0.3, -0.25) is 0 Å². The topological polar surface area (TPSA) is 49.6 Å². The molecule has 1 heterocycles. The van der Waals surface area contributed by atoms with Crippen molar-refractivity contribution in [3.05, 3.63) is 35.2 Å². The highest BCUT2D eigenvalue weighted by Crippen LogP contribution is 2.31. The van der Waals surface area contributed by atoms with Crippen LogP contribution in [0, 0.1) is 25.2 Å². The molecule has 2 rings (SSSR count). The van der Waals surface area contributed by atoms with Crippen molar-refractivity contribution in [2.24, 2.45) is 0 Å². The number of aryl methyl sites for hydroxylation is 2. The molecule has 5 heteroatoms. The zero-order valence-electron chi connectivity index (χ0n) is 8.89. The van der Waals surface area contributed by atoms with Crippen LogP contribution < -0.4 is 0 Å². The molecule has 0 radical (unpaired) electrons. The molecular weight excluding hydrogens is 238 g/mol. The Morgan fingerprint density at radius 1 is 1.38 bits per heavy atom. The third-order valence-corrected chi connectivity index (χ3v) is 3.86. The number of hydrogen-bond acceptors (Lipinski definition) is 5. The normalized spacial score (nSPS) is 10.1. The van der Waals surface area contributed by atoms with E-state index in [0.717, 1.165) is 20.6 Å². The molecule has 16 heavy (non-hydrogen) atoms. The van der Waals surface area contributed by atoms with E-state index in [1.54, 1.807) is 0 Å². The van der Waals surface area contributed by atoms with Crippen LogP contribution in [0.4, 0.5) is 0 Å². The largest absolute Gasteiger partial charge is 0.213 e. The fourth-order valence-corrected chi connectivity index (χ4v) is 3.01. The Kier molecular flexibility index (Phi) is 3.22. The molecule has 0 unspecified atom stereocenters. The van der Waals surface area contributed by atoms with Crippen LogP contribution >= 0.6 is 23.3 Å². The van der Waals surface area contributed by atoms with Crippen LogP contribution in [0.15, 0.2) is 27.4 Å². The predicted octanol–water partition coefficient (Wildman–Crippen LogP) is 3.18. The van der Waals surface area contributed by atoms with E-state index >= 15 is 0 Å². The van der Waals surface area contributed by atoms with Gasteiger partial charge in [0.1, 0.15) is 11.9 Å². The summed E-state index contributed by atoms with van der Waals surface area (Å²) in [5, 5.41) is 9.00. The van der Waals surface area contributed by atoms with Gasteiger partial charge >= 0.3 is 0 Å². The van der Waals surface area contributed by atoms with Gasteiger partial charge in [0.2, 0.25) is 0 Å². The standard InChI is InChI=1S/C11H9N3S2/c1-7-3-4-9(6-12)10(5-7)15-11-13-8(2)14-16-11/h3-5H,1-2H3. The Labute approximate surface area is 102 Å². The van der Waals surface area contributed by atoms with E-state index in [2.05, 4.69) is 15.4 Å². The summed E-state index contributed by atoms with van der Waals surface area (Å²) in [6.45, 7) is 3.87. The zero-order chi connectivity index (χ0) is 11.5. The van der Waals surface area contributed by atoms with Crippen LogP contribution in [0.2, 0.25) is 0 Å². The van der Waals surface area contributed by atoms with Gasteiger partial charge in [0, 0.05) is 4.90 Å². The van der Waals surface area contributed by atoms with Crippen LogP contribution in [0.25, 0.3) is 0 Å². The molecule has 0 saturated carbocycles. The van der Waals surface area contributed by atoms with Gasteiger partial charge in [-0.1, -0.05) is 17.8 Å². The van der Waals surface area contributed by atoms with Crippen molar-refractivity contribution >= 4 is 23.3 Å². The van der Waals surface area contributed by atoms with Crippen molar-refractivity contribution in [2.75, 3.05) is 0 Å². The van der Waals surface area contributed by atoms with Crippen LogP contribution in [0.3, 0.4) is 0 Å². The second-order valence-electron chi connectivity index (χ2n) is 3.32. The first-order valence-corrected chi connectivity index (χ1v) is 6.27. The number of nitriles is 1. The van der Waals surface area contributed by atoms with E-state index in [-0.39, 0.29) is 0 Å². The molecular formula is C11H9N3S2. The Bertz CT molecular complexity index is 555. The van der Waals surface area contributed by atoms with Crippen LogP contribution in [0.5, 0.6) is 0 Å². The zero-order valence-corrected chi connectivity index (χ0v) is 10.5. The number of benzene rings is 1. The lowest BCUT2D eigenvalue weighted by atomic mass is 10.2. The quantitative estimate of drug-likeness (QED) is 0.817. The molecule has 0 N–H and O–H groups in total. The van der Waals surface area contributed by atoms with Gasteiger partial charge < -0.3 is 0 Å². The first-order chi connectivity index (χ1) is 7.69. The lowest BCUT2D eigenvalue weighted by molar-refractivity contribution is 1.10. The molecule has 0 fully saturated rings. The van der Waals surface area contributed by atoms with Crippen molar-refractivity contribution in [1.82, 2.24) is 9.36 Å². The Morgan fingerprint density at radius 2 is 2.19 bits per heavy atom. The molecule has 0 atom stereocenters. The average Bonchev–Trinajstić information content (AvgIpc) is 2.64. The van der Waals surface area contributed by atoms with E-state index in [1.807, 2.05) is 32.0 Å². The van der Waals surface area contributed by atoms with Gasteiger partial charge in [-0.2, -0.15) is 9.64 Å². The molecule has 0 bridgehead atoms. The van der Waals surface area contributed by atoms with Crippen molar-refractivity contribution in [1.29, 1.82) is 5.26 Å². The lowest BCUT2D eigenvalue weighted by Crippen LogP contribution is -1.83. The number of nitrogens with zero attached hydrogens (tertiary/aromatic N) is 3. The number of rotatable bonds is 2. The molecule has 80 valence electrons. The van der Waals surface area contributed by atoms with Gasteiger partial charge in [-0.25, -0.2) is 4.98 Å². The summed E-state index contributed by atoms with van der Waals surface area (Å²) in [4.78, 5) is 5.22. The fourth-order valence-electron chi connectivity index (χ4n) is 1.22. The summed E-state index contributed by atoms with van der Waals surface area (Å²) in [6, 6.07) is 7.96. The minimum atomic E-state index is 0.684. The second kappa shape index (κ2) is 4.64. The maximum absolute atomic E-state index is 9.00. The molecule has 0 aliphatic heterocycles. The Hall–Kier alpha value is -1.38. The molecule has 2 aromatic rings. The third kappa shape index (κ3) is 2.40. The molecule has 1 aromatic heterocycles. The fraction of sp³-hybridized carbons (Fsp3) is 0.182. The van der Waals surface area contributed by atoms with Gasteiger partial charge in [-0.15, -0.1) is 0 Å². The predicted molar refractivity (Wildman–Crippen MR) is 64.7 cm³/mol. The smallest absolute Gasteiger partial charge is 0.174 e. The summed E-state index contributed by atoms with van der Waals surface area (Å²) in [5.41, 5.74) is 1.83. The monoisotopic (exact) mass is 247 g/mol. The summed E-state index contributed by atoms with van der Waals surface area (Å²) in [6.07, 6.45) is 0. The maximum atomic E-state index is 9.00. The average molecular weight is 247 g/mol. The second-order valence-corrected chi connectivity index (χ2v) is 5.36. The van der Waals surface area contributed by atoms with Crippen molar-refractivity contribution in [3.8, 4) is 6.07 Å². The number of aromatic nitrogens is 2. The minimum Gasteiger partial charge on any atom is -0.213 e. The SMILES string of the molecule is Cc1ccc(C#N)c(Sc2nc(C)ns2)c1. The van der Waals surface area contributed by atoms with Crippen molar-refractivity contribution in [3.63, 3.8) is 0 Å². The van der Waals surface area contributed by atoms with Gasteiger partial charge in [-0.05, 0) is 43.1 Å². The van der Waals surface area contributed by atoms with Crippen molar-refractivity contribution < 1.29 is 0 Å². The molecule has 0 saturated heterocycles. The van der Waals surface area contributed by atoms with Crippen LogP contribution in [-0.2, 0) is 0 Å². The minimum absolute atomic E-state index is 0.684. The highest BCUT2D eigenvalue weighted by Gasteiger charge is 2.07. The van der Waals surface area contributed by atoms with Gasteiger partial charge in [0.15, 0.2) is 4.34 Å². The van der Waals surface area contributed by atoms with E-state index in [9.17, 15) is 0 Å². The Morgan fingerprint density at radius 3 is 2.81 bits per heavy atom. The highest BCUT2D eigenvalue weighted by molar-refractivity contribution is 8.01. The first kappa shape index (κ1) is 11.1. The van der Waals surface area contributed by atoms with E-state index < -0.39 is 0 Å². The van der Waals surface area contributed by atoms with E-state index in [1.165, 1.54) is 23.3 Å². The highest BCUT2D eigenvalue weighted by atomic mass is 32.2.